The summed E-state index contributed by atoms with van der Waals surface area (Å²) in [5.41, 5.74) is 0.476. The summed E-state index contributed by atoms with van der Waals surface area (Å²) in [7, 11) is 1.67. The number of alkyl halides is 2. The first-order chi connectivity index (χ1) is 8.03. The van der Waals surface area contributed by atoms with Gasteiger partial charge in [0, 0.05) is 13.0 Å². The molecule has 2 rings (SSSR count). The Bertz CT molecular complexity index is 361. The molecule has 1 heterocycles. The maximum absolute atomic E-state index is 13.9. The molecule has 0 saturated heterocycles. The number of rotatable bonds is 0. The summed E-state index contributed by atoms with van der Waals surface area (Å²) in [6.45, 7) is 5.59. The second-order valence-electron chi connectivity index (χ2n) is 4.28. The van der Waals surface area contributed by atoms with Gasteiger partial charge in [-0.25, -0.2) is 0 Å². The number of aromatic nitrogens is 3. The van der Waals surface area contributed by atoms with Crippen molar-refractivity contribution in [3.8, 4) is 0 Å². The second kappa shape index (κ2) is 5.56. The highest BCUT2D eigenvalue weighted by Gasteiger charge is 2.43. The number of nitrogens with zero attached hydrogens (tertiary/aromatic N) is 3. The fraction of sp³-hybridized carbons (Fsp3) is 0.833. The Labute approximate surface area is 101 Å². The van der Waals surface area contributed by atoms with Gasteiger partial charge >= 0.3 is 0 Å². The summed E-state index contributed by atoms with van der Waals surface area (Å²) in [4.78, 5) is 0. The van der Waals surface area contributed by atoms with Crippen molar-refractivity contribution in [1.29, 1.82) is 0 Å². The van der Waals surface area contributed by atoms with Crippen LogP contribution in [0.1, 0.15) is 51.4 Å². The average Bonchev–Trinajstić information content (AvgIpc) is 2.67. The highest BCUT2D eigenvalue weighted by Crippen LogP contribution is 2.40. The molecular weight excluding hydrogens is 224 g/mol. The summed E-state index contributed by atoms with van der Waals surface area (Å²) in [5, 5.41) is 7.32. The molecule has 0 saturated carbocycles. The van der Waals surface area contributed by atoms with Crippen molar-refractivity contribution < 1.29 is 8.78 Å². The van der Waals surface area contributed by atoms with Crippen molar-refractivity contribution in [1.82, 2.24) is 15.0 Å². The van der Waals surface area contributed by atoms with Gasteiger partial charge in [-0.1, -0.05) is 32.4 Å². The van der Waals surface area contributed by atoms with E-state index in [1.54, 1.807) is 14.0 Å². The van der Waals surface area contributed by atoms with E-state index in [9.17, 15) is 8.78 Å². The highest BCUT2D eigenvalue weighted by molar-refractivity contribution is 5.17. The lowest BCUT2D eigenvalue weighted by Gasteiger charge is -2.24. The zero-order valence-electron chi connectivity index (χ0n) is 11.0. The minimum Gasteiger partial charge on any atom is -0.252 e. The number of hydrogen-bond acceptors (Lipinski definition) is 2. The number of halogens is 2. The number of aryl methyl sites for hydroxylation is 1. The molecule has 0 spiro atoms. The molecule has 98 valence electrons. The molecule has 1 aliphatic rings. The first kappa shape index (κ1) is 14.1. The zero-order chi connectivity index (χ0) is 13.1. The van der Waals surface area contributed by atoms with E-state index in [-0.39, 0.29) is 5.69 Å². The van der Waals surface area contributed by atoms with E-state index in [0.717, 1.165) is 12.8 Å². The molecule has 1 unspecified atom stereocenters. The molecule has 5 heteroatoms. The fourth-order valence-corrected chi connectivity index (χ4v) is 2.07. The monoisotopic (exact) mass is 245 g/mol. The summed E-state index contributed by atoms with van der Waals surface area (Å²) >= 11 is 0. The molecule has 0 fully saturated rings. The summed E-state index contributed by atoms with van der Waals surface area (Å²) in [6, 6.07) is 0. The Morgan fingerprint density at radius 3 is 2.59 bits per heavy atom. The van der Waals surface area contributed by atoms with Crippen LogP contribution in [0.5, 0.6) is 0 Å². The van der Waals surface area contributed by atoms with E-state index < -0.39 is 11.8 Å². The zero-order valence-corrected chi connectivity index (χ0v) is 11.0. The summed E-state index contributed by atoms with van der Waals surface area (Å²) in [6.07, 6.45) is 3.00. The third-order valence-electron chi connectivity index (χ3n) is 3.18. The van der Waals surface area contributed by atoms with E-state index in [1.165, 1.54) is 4.68 Å². The van der Waals surface area contributed by atoms with E-state index in [1.807, 2.05) is 13.8 Å². The van der Waals surface area contributed by atoms with Gasteiger partial charge in [0.1, 0.15) is 0 Å². The van der Waals surface area contributed by atoms with Crippen LogP contribution < -0.4 is 0 Å². The lowest BCUT2D eigenvalue weighted by molar-refractivity contribution is -0.0681. The van der Waals surface area contributed by atoms with Crippen molar-refractivity contribution in [2.75, 3.05) is 0 Å². The SMILES string of the molecule is CC.CC1CCCCc2c(nnn2C)C1(F)F. The predicted octanol–water partition coefficient (Wildman–Crippen LogP) is 3.30. The van der Waals surface area contributed by atoms with Gasteiger partial charge in [-0.3, -0.25) is 4.68 Å². The van der Waals surface area contributed by atoms with Crippen LogP contribution in [-0.2, 0) is 19.4 Å². The minimum atomic E-state index is -2.83. The van der Waals surface area contributed by atoms with Crippen LogP contribution in [0.3, 0.4) is 0 Å². The largest absolute Gasteiger partial charge is 0.295 e. The molecule has 0 N–H and O–H groups in total. The Balaban J connectivity index is 0.000000686. The van der Waals surface area contributed by atoms with Crippen molar-refractivity contribution in [2.24, 2.45) is 13.0 Å². The molecular formula is C12H21F2N3. The van der Waals surface area contributed by atoms with Crippen LogP contribution in [0.2, 0.25) is 0 Å². The van der Waals surface area contributed by atoms with Crippen LogP contribution in [0, 0.1) is 5.92 Å². The molecule has 1 aromatic heterocycles. The fourth-order valence-electron chi connectivity index (χ4n) is 2.07. The average molecular weight is 245 g/mol. The van der Waals surface area contributed by atoms with E-state index in [4.69, 9.17) is 0 Å². The normalized spacial score (nSPS) is 22.8. The van der Waals surface area contributed by atoms with E-state index >= 15 is 0 Å². The Morgan fingerprint density at radius 1 is 1.29 bits per heavy atom. The van der Waals surface area contributed by atoms with Crippen molar-refractivity contribution in [3.63, 3.8) is 0 Å². The maximum atomic E-state index is 13.9. The molecule has 0 aromatic carbocycles. The van der Waals surface area contributed by atoms with Gasteiger partial charge in [-0.2, -0.15) is 8.78 Å². The highest BCUT2D eigenvalue weighted by atomic mass is 19.3. The molecule has 0 radical (unpaired) electrons. The van der Waals surface area contributed by atoms with Crippen LogP contribution >= 0.6 is 0 Å². The lowest BCUT2D eigenvalue weighted by atomic mass is 9.89. The van der Waals surface area contributed by atoms with Gasteiger partial charge in [-0.05, 0) is 19.3 Å². The van der Waals surface area contributed by atoms with E-state index in [0.29, 0.717) is 18.5 Å². The van der Waals surface area contributed by atoms with E-state index in [2.05, 4.69) is 10.3 Å². The Hall–Kier alpha value is -1.00. The standard InChI is InChI=1S/C10H15F2N3.C2H6/c1-7-5-3-4-6-8-9(10(7,11)12)13-14-15(8)2;1-2/h7H,3-6H2,1-2H3;1-2H3. The molecule has 1 aromatic rings. The van der Waals surface area contributed by atoms with Crippen LogP contribution in [0.25, 0.3) is 0 Å². The van der Waals surface area contributed by atoms with Gasteiger partial charge in [0.05, 0.1) is 5.69 Å². The quantitative estimate of drug-likeness (QED) is 0.702. The molecule has 3 nitrogen and oxygen atoms in total. The van der Waals surface area contributed by atoms with Crippen molar-refractivity contribution in [2.45, 2.75) is 52.4 Å². The molecule has 0 aliphatic heterocycles. The van der Waals surface area contributed by atoms with Gasteiger partial charge in [0.25, 0.3) is 5.92 Å². The molecule has 0 amide bonds. The maximum Gasteiger partial charge on any atom is 0.295 e. The summed E-state index contributed by atoms with van der Waals surface area (Å²) in [5.74, 6) is -3.47. The van der Waals surface area contributed by atoms with Gasteiger partial charge < -0.3 is 0 Å². The molecule has 1 atom stereocenters. The van der Waals surface area contributed by atoms with Gasteiger partial charge in [0.2, 0.25) is 0 Å². The smallest absolute Gasteiger partial charge is 0.252 e. The third-order valence-corrected chi connectivity index (χ3v) is 3.18. The van der Waals surface area contributed by atoms with Crippen LogP contribution in [0.4, 0.5) is 8.78 Å². The Morgan fingerprint density at radius 2 is 1.94 bits per heavy atom. The molecule has 17 heavy (non-hydrogen) atoms. The second-order valence-corrected chi connectivity index (χ2v) is 4.28. The number of fused-ring (bicyclic) bond motifs is 1. The van der Waals surface area contributed by atoms with Gasteiger partial charge in [0.15, 0.2) is 5.69 Å². The lowest BCUT2D eigenvalue weighted by Crippen LogP contribution is -2.27. The summed E-state index contributed by atoms with van der Waals surface area (Å²) < 4.78 is 29.3. The minimum absolute atomic E-state index is 0.114. The predicted molar refractivity (Wildman–Crippen MR) is 63.0 cm³/mol. The molecule has 0 bridgehead atoms. The van der Waals surface area contributed by atoms with Crippen LogP contribution in [-0.4, -0.2) is 15.0 Å². The number of hydrogen-bond donors (Lipinski definition) is 0. The third kappa shape index (κ3) is 2.64. The van der Waals surface area contributed by atoms with Gasteiger partial charge in [-0.15, -0.1) is 5.10 Å². The Kier molecular flexibility index (Phi) is 4.60. The van der Waals surface area contributed by atoms with Crippen molar-refractivity contribution >= 4 is 0 Å². The van der Waals surface area contributed by atoms with Crippen LogP contribution in [0.15, 0.2) is 0 Å². The first-order valence-electron chi connectivity index (χ1n) is 6.30. The molecule has 1 aliphatic carbocycles. The first-order valence-corrected chi connectivity index (χ1v) is 6.30. The topological polar surface area (TPSA) is 30.7 Å². The van der Waals surface area contributed by atoms with Crippen molar-refractivity contribution in [3.05, 3.63) is 11.4 Å².